The van der Waals surface area contributed by atoms with Crippen LogP contribution in [0.4, 0.5) is 0 Å². The van der Waals surface area contributed by atoms with Gasteiger partial charge < -0.3 is 20.3 Å². The average Bonchev–Trinajstić information content (AvgIpc) is 2.69. The number of aliphatic imine (C=N–C) groups is 1. The van der Waals surface area contributed by atoms with Crippen molar-refractivity contribution in [3.8, 4) is 0 Å². The zero-order valence-corrected chi connectivity index (χ0v) is 17.5. The number of nitrogens with zero attached hydrogens (tertiary/aromatic N) is 3. The van der Waals surface area contributed by atoms with Crippen molar-refractivity contribution in [2.75, 3.05) is 46.9 Å². The van der Waals surface area contributed by atoms with Crippen LogP contribution in [0.2, 0.25) is 0 Å². The molecular formula is C21H35N5O2. The van der Waals surface area contributed by atoms with Gasteiger partial charge in [-0.05, 0) is 43.7 Å². The fourth-order valence-corrected chi connectivity index (χ4v) is 3.34. The highest BCUT2D eigenvalue weighted by Gasteiger charge is 2.36. The molecular weight excluding hydrogens is 354 g/mol. The van der Waals surface area contributed by atoms with Gasteiger partial charge in [0.1, 0.15) is 6.54 Å². The second kappa shape index (κ2) is 11.6. The molecule has 156 valence electrons. The standard InChI is InChI=1S/C21H35N5O2/c1-4-22-20(25-17-21(10-7-11-21)12-15-28-3)24-16-19(27)26(2)14-9-18-8-5-6-13-23-18/h5-6,8,13H,4,7,9-12,14-17H2,1-3H3,(H2,22,24,25). The van der Waals surface area contributed by atoms with E-state index in [1.165, 1.54) is 19.3 Å². The predicted octanol–water partition coefficient (Wildman–Crippen LogP) is 1.84. The van der Waals surface area contributed by atoms with Crippen LogP contribution < -0.4 is 10.6 Å². The molecule has 1 aliphatic carbocycles. The molecule has 1 aromatic heterocycles. The molecule has 1 fully saturated rings. The van der Waals surface area contributed by atoms with Crippen LogP contribution in [0.5, 0.6) is 0 Å². The fourth-order valence-electron chi connectivity index (χ4n) is 3.34. The lowest BCUT2D eigenvalue weighted by atomic mass is 9.67. The molecule has 0 saturated heterocycles. The Balaban J connectivity index is 1.80. The van der Waals surface area contributed by atoms with E-state index in [9.17, 15) is 4.79 Å². The second-order valence-electron chi connectivity index (χ2n) is 7.53. The molecule has 1 heterocycles. The number of pyridine rings is 1. The van der Waals surface area contributed by atoms with E-state index in [1.807, 2.05) is 32.2 Å². The molecule has 1 saturated carbocycles. The third-order valence-electron chi connectivity index (χ3n) is 5.45. The summed E-state index contributed by atoms with van der Waals surface area (Å²) in [6.07, 6.45) is 7.30. The van der Waals surface area contributed by atoms with E-state index in [0.29, 0.717) is 17.9 Å². The molecule has 2 N–H and O–H groups in total. The quantitative estimate of drug-likeness (QED) is 0.446. The van der Waals surface area contributed by atoms with Crippen molar-refractivity contribution in [1.29, 1.82) is 0 Å². The number of guanidine groups is 1. The Morgan fingerprint density at radius 2 is 2.18 bits per heavy atom. The number of ether oxygens (including phenoxy) is 1. The first-order valence-corrected chi connectivity index (χ1v) is 10.2. The van der Waals surface area contributed by atoms with Gasteiger partial charge in [-0.2, -0.15) is 0 Å². The Morgan fingerprint density at radius 3 is 2.79 bits per heavy atom. The van der Waals surface area contributed by atoms with Crippen molar-refractivity contribution >= 4 is 11.9 Å². The lowest BCUT2D eigenvalue weighted by molar-refractivity contribution is -0.128. The molecule has 2 rings (SSSR count). The molecule has 0 aliphatic heterocycles. The van der Waals surface area contributed by atoms with Crippen molar-refractivity contribution in [1.82, 2.24) is 20.5 Å². The summed E-state index contributed by atoms with van der Waals surface area (Å²) in [5.41, 5.74) is 1.29. The van der Waals surface area contributed by atoms with Crippen molar-refractivity contribution < 1.29 is 9.53 Å². The Bertz CT molecular complexity index is 616. The van der Waals surface area contributed by atoms with E-state index >= 15 is 0 Å². The van der Waals surface area contributed by atoms with Crippen molar-refractivity contribution in [2.45, 2.75) is 39.0 Å². The van der Waals surface area contributed by atoms with E-state index in [4.69, 9.17) is 4.74 Å². The lowest BCUT2D eigenvalue weighted by Gasteiger charge is -2.42. The molecule has 7 heteroatoms. The number of methoxy groups -OCH3 is 1. The first kappa shape index (κ1) is 22.1. The summed E-state index contributed by atoms with van der Waals surface area (Å²) in [6, 6.07) is 5.83. The number of amides is 1. The minimum absolute atomic E-state index is 0.00544. The summed E-state index contributed by atoms with van der Waals surface area (Å²) in [5, 5.41) is 6.67. The number of likely N-dealkylation sites (N-methyl/N-ethyl adjacent to an activating group) is 1. The summed E-state index contributed by atoms with van der Waals surface area (Å²) in [5.74, 6) is 0.712. The monoisotopic (exact) mass is 389 g/mol. The molecule has 0 aromatic carbocycles. The van der Waals surface area contributed by atoms with Crippen LogP contribution in [-0.4, -0.2) is 68.7 Å². The van der Waals surface area contributed by atoms with Gasteiger partial charge in [-0.1, -0.05) is 12.5 Å². The second-order valence-corrected chi connectivity index (χ2v) is 7.53. The highest BCUT2D eigenvalue weighted by Crippen LogP contribution is 2.43. The molecule has 0 unspecified atom stereocenters. The lowest BCUT2D eigenvalue weighted by Crippen LogP contribution is -2.47. The van der Waals surface area contributed by atoms with Gasteiger partial charge >= 0.3 is 0 Å². The van der Waals surface area contributed by atoms with Crippen LogP contribution in [0.3, 0.4) is 0 Å². The Morgan fingerprint density at radius 1 is 1.36 bits per heavy atom. The van der Waals surface area contributed by atoms with Gasteiger partial charge in [0.15, 0.2) is 5.96 Å². The fraction of sp³-hybridized carbons (Fsp3) is 0.667. The zero-order valence-electron chi connectivity index (χ0n) is 17.5. The molecule has 0 bridgehead atoms. The zero-order chi connectivity index (χ0) is 20.2. The Kier molecular flexibility index (Phi) is 9.20. The van der Waals surface area contributed by atoms with E-state index < -0.39 is 0 Å². The van der Waals surface area contributed by atoms with Gasteiger partial charge in [0.2, 0.25) is 5.91 Å². The minimum Gasteiger partial charge on any atom is -0.385 e. The SMILES string of the molecule is CCNC(=NCC(=O)N(C)CCc1ccccn1)NCC1(CCOC)CCC1. The summed E-state index contributed by atoms with van der Waals surface area (Å²) in [6.45, 7) is 5.22. The van der Waals surface area contributed by atoms with Crippen LogP contribution in [0.1, 0.15) is 38.3 Å². The molecule has 0 spiro atoms. The van der Waals surface area contributed by atoms with Gasteiger partial charge in [0.25, 0.3) is 0 Å². The largest absolute Gasteiger partial charge is 0.385 e. The number of rotatable bonds is 11. The summed E-state index contributed by atoms with van der Waals surface area (Å²) in [4.78, 5) is 22.9. The van der Waals surface area contributed by atoms with Crippen molar-refractivity contribution in [2.24, 2.45) is 10.4 Å². The number of carbonyl (C=O) groups excluding carboxylic acids is 1. The topological polar surface area (TPSA) is 78.9 Å². The number of hydrogen-bond acceptors (Lipinski definition) is 4. The molecule has 0 atom stereocenters. The molecule has 1 aliphatic rings. The molecule has 7 nitrogen and oxygen atoms in total. The van der Waals surface area contributed by atoms with Gasteiger partial charge in [-0.15, -0.1) is 0 Å². The summed E-state index contributed by atoms with van der Waals surface area (Å²) >= 11 is 0. The molecule has 0 radical (unpaired) electrons. The maximum atomic E-state index is 12.4. The van der Waals surface area contributed by atoms with Crippen LogP contribution >= 0.6 is 0 Å². The highest BCUT2D eigenvalue weighted by molar-refractivity contribution is 5.84. The van der Waals surface area contributed by atoms with Crippen molar-refractivity contribution in [3.05, 3.63) is 30.1 Å². The normalized spacial score (nSPS) is 15.6. The number of aromatic nitrogens is 1. The Hall–Kier alpha value is -2.15. The van der Waals surface area contributed by atoms with Gasteiger partial charge in [0, 0.05) is 58.7 Å². The third-order valence-corrected chi connectivity index (χ3v) is 5.45. The maximum absolute atomic E-state index is 12.4. The van der Waals surface area contributed by atoms with Crippen molar-refractivity contribution in [3.63, 3.8) is 0 Å². The van der Waals surface area contributed by atoms with Crippen LogP contribution in [0, 0.1) is 5.41 Å². The third kappa shape index (κ3) is 7.11. The Labute approximate surface area is 169 Å². The van der Waals surface area contributed by atoms with Gasteiger partial charge in [-0.3, -0.25) is 9.78 Å². The highest BCUT2D eigenvalue weighted by atomic mass is 16.5. The van der Waals surface area contributed by atoms with Crippen LogP contribution in [0.25, 0.3) is 0 Å². The number of nitrogens with one attached hydrogen (secondary N) is 2. The first-order chi connectivity index (χ1) is 13.6. The molecule has 1 amide bonds. The summed E-state index contributed by atoms with van der Waals surface area (Å²) in [7, 11) is 3.57. The number of hydrogen-bond donors (Lipinski definition) is 2. The summed E-state index contributed by atoms with van der Waals surface area (Å²) < 4.78 is 5.26. The van der Waals surface area contributed by atoms with E-state index in [2.05, 4.69) is 20.6 Å². The number of carbonyl (C=O) groups is 1. The van der Waals surface area contributed by atoms with Gasteiger partial charge in [0.05, 0.1) is 0 Å². The molecule has 28 heavy (non-hydrogen) atoms. The first-order valence-electron chi connectivity index (χ1n) is 10.2. The van der Waals surface area contributed by atoms with E-state index in [0.717, 1.165) is 38.2 Å². The maximum Gasteiger partial charge on any atom is 0.244 e. The smallest absolute Gasteiger partial charge is 0.244 e. The predicted molar refractivity (Wildman–Crippen MR) is 112 cm³/mol. The van der Waals surface area contributed by atoms with Crippen LogP contribution in [0.15, 0.2) is 29.4 Å². The van der Waals surface area contributed by atoms with E-state index in [-0.39, 0.29) is 12.5 Å². The van der Waals surface area contributed by atoms with Gasteiger partial charge in [-0.25, -0.2) is 4.99 Å². The minimum atomic E-state index is 0.00544. The van der Waals surface area contributed by atoms with E-state index in [1.54, 1.807) is 18.2 Å². The average molecular weight is 390 g/mol. The molecule has 1 aromatic rings. The van der Waals surface area contributed by atoms with Crippen LogP contribution in [-0.2, 0) is 16.0 Å².